The fraction of sp³-hybridized carbons (Fsp3) is 0.286. The molecule has 21 heavy (non-hydrogen) atoms. The molecule has 5 nitrogen and oxygen atoms in total. The number of carbonyl (C=O) groups is 2. The van der Waals surface area contributed by atoms with Gasteiger partial charge in [0.1, 0.15) is 0 Å². The second-order valence-electron chi connectivity index (χ2n) is 4.07. The lowest BCUT2D eigenvalue weighted by Gasteiger charge is -2.04. The topological polar surface area (TPSA) is 67.4 Å². The molecule has 0 bridgehead atoms. The summed E-state index contributed by atoms with van der Waals surface area (Å²) in [5, 5.41) is 5.92. The largest absolute Gasteiger partial charge is 0.383 e. The van der Waals surface area contributed by atoms with E-state index in [1.807, 2.05) is 0 Å². The number of halogens is 2. The predicted molar refractivity (Wildman–Crippen MR) is 83.4 cm³/mol. The Balaban J connectivity index is 2.37. The van der Waals surface area contributed by atoms with Gasteiger partial charge >= 0.3 is 0 Å². The highest BCUT2D eigenvalue weighted by atomic mass is 35.5. The lowest BCUT2D eigenvalue weighted by atomic mass is 10.2. The SMILES string of the molecule is COCCNC(=O)CNC(=O)/C=C/c1ccc(Cl)c(Cl)c1. The maximum Gasteiger partial charge on any atom is 0.244 e. The minimum atomic E-state index is -0.372. The number of amides is 2. The summed E-state index contributed by atoms with van der Waals surface area (Å²) < 4.78 is 4.79. The van der Waals surface area contributed by atoms with Crippen LogP contribution in [0.5, 0.6) is 0 Å². The van der Waals surface area contributed by atoms with Gasteiger partial charge in [-0.1, -0.05) is 29.3 Å². The summed E-state index contributed by atoms with van der Waals surface area (Å²) in [4.78, 5) is 22.9. The molecule has 0 aromatic heterocycles. The first-order chi connectivity index (χ1) is 10.0. The van der Waals surface area contributed by atoms with Crippen LogP contribution in [0.3, 0.4) is 0 Å². The Morgan fingerprint density at radius 3 is 2.67 bits per heavy atom. The van der Waals surface area contributed by atoms with E-state index in [0.717, 1.165) is 5.56 Å². The molecule has 0 radical (unpaired) electrons. The number of hydrogen-bond donors (Lipinski definition) is 2. The van der Waals surface area contributed by atoms with Gasteiger partial charge in [0.05, 0.1) is 23.2 Å². The molecule has 2 amide bonds. The number of nitrogens with one attached hydrogen (secondary N) is 2. The highest BCUT2D eigenvalue weighted by molar-refractivity contribution is 6.42. The Labute approximate surface area is 133 Å². The molecule has 0 aliphatic rings. The van der Waals surface area contributed by atoms with Crippen molar-refractivity contribution < 1.29 is 14.3 Å². The highest BCUT2D eigenvalue weighted by Crippen LogP contribution is 2.22. The van der Waals surface area contributed by atoms with Crippen LogP contribution in [0.1, 0.15) is 5.56 Å². The van der Waals surface area contributed by atoms with Crippen molar-refractivity contribution in [1.29, 1.82) is 0 Å². The summed E-state index contributed by atoms with van der Waals surface area (Å²) in [5.74, 6) is -0.647. The molecule has 1 rings (SSSR count). The Morgan fingerprint density at radius 2 is 2.00 bits per heavy atom. The zero-order valence-electron chi connectivity index (χ0n) is 11.5. The molecule has 0 aliphatic heterocycles. The van der Waals surface area contributed by atoms with E-state index in [1.54, 1.807) is 31.4 Å². The van der Waals surface area contributed by atoms with Crippen molar-refractivity contribution in [1.82, 2.24) is 10.6 Å². The number of methoxy groups -OCH3 is 1. The molecule has 2 N–H and O–H groups in total. The molecular formula is C14H16Cl2N2O3. The van der Waals surface area contributed by atoms with Crippen LogP contribution in [0.15, 0.2) is 24.3 Å². The van der Waals surface area contributed by atoms with E-state index in [0.29, 0.717) is 23.2 Å². The third-order valence-electron chi connectivity index (χ3n) is 2.42. The van der Waals surface area contributed by atoms with Crippen LogP contribution in [-0.4, -0.2) is 38.6 Å². The molecule has 0 atom stereocenters. The van der Waals surface area contributed by atoms with Gasteiger partial charge in [-0.2, -0.15) is 0 Å². The first-order valence-corrected chi connectivity index (χ1v) is 6.95. The van der Waals surface area contributed by atoms with Gasteiger partial charge in [0.25, 0.3) is 0 Å². The molecule has 0 saturated heterocycles. The highest BCUT2D eigenvalue weighted by Gasteiger charge is 2.02. The number of hydrogen-bond acceptors (Lipinski definition) is 3. The van der Waals surface area contributed by atoms with Crippen molar-refractivity contribution in [2.45, 2.75) is 0 Å². The summed E-state index contributed by atoms with van der Waals surface area (Å²) in [7, 11) is 1.54. The number of ether oxygens (including phenoxy) is 1. The normalized spacial score (nSPS) is 10.6. The van der Waals surface area contributed by atoms with E-state index in [-0.39, 0.29) is 18.4 Å². The quantitative estimate of drug-likeness (QED) is 0.592. The van der Waals surface area contributed by atoms with E-state index in [9.17, 15) is 9.59 Å². The van der Waals surface area contributed by atoms with Crippen molar-refractivity contribution in [3.8, 4) is 0 Å². The van der Waals surface area contributed by atoms with E-state index in [1.165, 1.54) is 6.08 Å². The van der Waals surface area contributed by atoms with Gasteiger partial charge in [-0.3, -0.25) is 9.59 Å². The van der Waals surface area contributed by atoms with Crippen LogP contribution in [0, 0.1) is 0 Å². The van der Waals surface area contributed by atoms with Gasteiger partial charge in [-0.25, -0.2) is 0 Å². The van der Waals surface area contributed by atoms with E-state index < -0.39 is 0 Å². The van der Waals surface area contributed by atoms with Crippen LogP contribution in [0.25, 0.3) is 6.08 Å². The maximum absolute atomic E-state index is 11.5. The zero-order valence-corrected chi connectivity index (χ0v) is 13.0. The smallest absolute Gasteiger partial charge is 0.244 e. The van der Waals surface area contributed by atoms with Gasteiger partial charge in [-0.15, -0.1) is 0 Å². The molecule has 0 saturated carbocycles. The third kappa shape index (κ3) is 7.13. The van der Waals surface area contributed by atoms with Crippen LogP contribution in [0.4, 0.5) is 0 Å². The fourth-order valence-corrected chi connectivity index (χ4v) is 1.68. The van der Waals surface area contributed by atoms with Gasteiger partial charge in [0.2, 0.25) is 11.8 Å². The molecule has 0 unspecified atom stereocenters. The van der Waals surface area contributed by atoms with Crippen LogP contribution in [-0.2, 0) is 14.3 Å². The molecule has 0 heterocycles. The minimum Gasteiger partial charge on any atom is -0.383 e. The average Bonchev–Trinajstić information content (AvgIpc) is 2.46. The number of carbonyl (C=O) groups excluding carboxylic acids is 2. The van der Waals surface area contributed by atoms with Crippen molar-refractivity contribution in [2.75, 3.05) is 26.8 Å². The lowest BCUT2D eigenvalue weighted by Crippen LogP contribution is -2.37. The molecule has 7 heteroatoms. The molecule has 114 valence electrons. The van der Waals surface area contributed by atoms with Gasteiger partial charge < -0.3 is 15.4 Å². The van der Waals surface area contributed by atoms with E-state index in [4.69, 9.17) is 27.9 Å². The molecule has 0 fully saturated rings. The Bertz CT molecular complexity index is 533. The monoisotopic (exact) mass is 330 g/mol. The van der Waals surface area contributed by atoms with Crippen molar-refractivity contribution in [3.05, 3.63) is 39.9 Å². The van der Waals surface area contributed by atoms with Crippen LogP contribution in [0.2, 0.25) is 10.0 Å². The van der Waals surface area contributed by atoms with Crippen LogP contribution < -0.4 is 10.6 Å². The van der Waals surface area contributed by atoms with E-state index in [2.05, 4.69) is 10.6 Å². The summed E-state index contributed by atoms with van der Waals surface area (Å²) in [6, 6.07) is 5.02. The van der Waals surface area contributed by atoms with Crippen molar-refractivity contribution in [2.24, 2.45) is 0 Å². The molecule has 1 aromatic carbocycles. The molecule has 0 spiro atoms. The van der Waals surface area contributed by atoms with Crippen molar-refractivity contribution in [3.63, 3.8) is 0 Å². The third-order valence-corrected chi connectivity index (χ3v) is 3.16. The van der Waals surface area contributed by atoms with Crippen molar-refractivity contribution >= 4 is 41.1 Å². The maximum atomic E-state index is 11.5. The standard InChI is InChI=1S/C14H16Cl2N2O3/c1-21-7-6-17-14(20)9-18-13(19)5-3-10-2-4-11(15)12(16)8-10/h2-5,8H,6-7,9H2,1H3,(H,17,20)(H,18,19)/b5-3+. The molecule has 1 aromatic rings. The second kappa shape index (κ2) is 9.39. The van der Waals surface area contributed by atoms with E-state index >= 15 is 0 Å². The van der Waals surface area contributed by atoms with Gasteiger partial charge in [0, 0.05) is 19.7 Å². The van der Waals surface area contributed by atoms with Gasteiger partial charge in [-0.05, 0) is 23.8 Å². The molecular weight excluding hydrogens is 315 g/mol. The first-order valence-electron chi connectivity index (χ1n) is 6.19. The second-order valence-corrected chi connectivity index (χ2v) is 4.88. The Morgan fingerprint density at radius 1 is 1.24 bits per heavy atom. The minimum absolute atomic E-state index is 0.0890. The molecule has 0 aliphatic carbocycles. The number of rotatable bonds is 7. The average molecular weight is 331 g/mol. The number of benzene rings is 1. The summed E-state index contributed by atoms with van der Waals surface area (Å²) in [5.41, 5.74) is 0.740. The Kier molecular flexibility index (Phi) is 7.82. The summed E-state index contributed by atoms with van der Waals surface area (Å²) in [6.07, 6.45) is 2.91. The van der Waals surface area contributed by atoms with Gasteiger partial charge in [0.15, 0.2) is 0 Å². The first kappa shape index (κ1) is 17.5. The Hall–Kier alpha value is -1.56. The summed E-state index contributed by atoms with van der Waals surface area (Å²) in [6.45, 7) is 0.746. The zero-order chi connectivity index (χ0) is 15.7. The summed E-state index contributed by atoms with van der Waals surface area (Å²) >= 11 is 11.7. The fourth-order valence-electron chi connectivity index (χ4n) is 1.37. The lowest BCUT2D eigenvalue weighted by molar-refractivity contribution is -0.124. The van der Waals surface area contributed by atoms with Crippen LogP contribution >= 0.6 is 23.2 Å². The predicted octanol–water partition coefficient (Wildman–Crippen LogP) is 1.89.